The minimum atomic E-state index is -1.26. The number of hydrogen-bond donors (Lipinski definition) is 1. The van der Waals surface area contributed by atoms with E-state index in [4.69, 9.17) is 0 Å². The molecule has 0 unspecified atom stereocenters. The van der Waals surface area contributed by atoms with E-state index in [0.29, 0.717) is 30.3 Å². The normalized spacial score (nSPS) is 15.5. The van der Waals surface area contributed by atoms with Crippen LogP contribution < -0.4 is 4.90 Å². The van der Waals surface area contributed by atoms with Gasteiger partial charge in [-0.1, -0.05) is 0 Å². The first-order chi connectivity index (χ1) is 12.1. The number of nitrogens with zero attached hydrogens (tertiary/aromatic N) is 5. The van der Waals surface area contributed by atoms with Crippen LogP contribution in [0.5, 0.6) is 0 Å². The van der Waals surface area contributed by atoms with E-state index in [1.54, 1.807) is 15.8 Å². The summed E-state index contributed by atoms with van der Waals surface area (Å²) in [5.74, 6) is -2.58. The van der Waals surface area contributed by atoms with Gasteiger partial charge in [0.05, 0.1) is 29.2 Å². The molecule has 5 rings (SSSR count). The monoisotopic (exact) mass is 344 g/mol. The van der Waals surface area contributed by atoms with Gasteiger partial charge in [-0.05, 0) is 18.6 Å². The number of fused-ring (bicyclic) bond motifs is 2. The molecule has 6 nitrogen and oxygen atoms in total. The lowest BCUT2D eigenvalue weighted by Crippen LogP contribution is -2.39. The topological polar surface area (TPSA) is 62.1 Å². The van der Waals surface area contributed by atoms with E-state index in [1.807, 2.05) is 0 Å². The maximum atomic E-state index is 14.4. The summed E-state index contributed by atoms with van der Waals surface area (Å²) in [5.41, 5.74) is 1.28. The number of aryl methyl sites for hydroxylation is 1. The van der Waals surface area contributed by atoms with E-state index in [1.165, 1.54) is 6.20 Å². The van der Waals surface area contributed by atoms with Crippen LogP contribution in [0.15, 0.2) is 29.5 Å². The first kappa shape index (κ1) is 14.3. The lowest BCUT2D eigenvalue weighted by Gasteiger charge is -2.30. The Labute approximate surface area is 139 Å². The van der Waals surface area contributed by atoms with Crippen molar-refractivity contribution >= 4 is 17.3 Å². The van der Waals surface area contributed by atoms with Gasteiger partial charge in [-0.25, -0.2) is 22.8 Å². The second kappa shape index (κ2) is 4.95. The molecule has 0 bridgehead atoms. The molecule has 2 aliphatic heterocycles. The highest BCUT2D eigenvalue weighted by Crippen LogP contribution is 2.41. The number of benzene rings is 1. The molecular formula is C16H11F3N6. The second-order valence-electron chi connectivity index (χ2n) is 5.89. The minimum Gasteiger partial charge on any atom is -0.310 e. The van der Waals surface area contributed by atoms with Crippen LogP contribution in [0.2, 0.25) is 0 Å². The average Bonchev–Trinajstić information content (AvgIpc) is 3.21. The molecule has 126 valence electrons. The zero-order chi connectivity index (χ0) is 17.1. The largest absolute Gasteiger partial charge is 0.310 e. The molecule has 4 heterocycles. The van der Waals surface area contributed by atoms with E-state index >= 15 is 0 Å². The molecule has 0 spiro atoms. The number of H-pyrrole nitrogens is 1. The van der Waals surface area contributed by atoms with E-state index in [-0.39, 0.29) is 5.84 Å². The van der Waals surface area contributed by atoms with Gasteiger partial charge in [0.25, 0.3) is 0 Å². The summed E-state index contributed by atoms with van der Waals surface area (Å²) in [7, 11) is 0. The molecule has 0 atom stereocenters. The van der Waals surface area contributed by atoms with Gasteiger partial charge in [0.15, 0.2) is 11.6 Å². The fraction of sp³-hybridized carbons (Fsp3) is 0.188. The maximum Gasteiger partial charge on any atom is 0.172 e. The highest BCUT2D eigenvalue weighted by atomic mass is 19.2. The third kappa shape index (κ3) is 1.89. The maximum absolute atomic E-state index is 14.4. The van der Waals surface area contributed by atoms with Crippen LogP contribution in [-0.2, 0) is 6.54 Å². The molecule has 0 saturated heterocycles. The molecule has 25 heavy (non-hydrogen) atoms. The van der Waals surface area contributed by atoms with Crippen molar-refractivity contribution in [3.05, 3.63) is 47.5 Å². The molecule has 3 aromatic rings. The highest BCUT2D eigenvalue weighted by molar-refractivity contribution is 6.14. The Morgan fingerprint density at radius 2 is 1.88 bits per heavy atom. The second-order valence-corrected chi connectivity index (χ2v) is 5.89. The van der Waals surface area contributed by atoms with E-state index in [9.17, 15) is 13.2 Å². The summed E-state index contributed by atoms with van der Waals surface area (Å²) in [6.07, 6.45) is 3.85. The van der Waals surface area contributed by atoms with Crippen molar-refractivity contribution < 1.29 is 13.2 Å². The smallest absolute Gasteiger partial charge is 0.172 e. The number of nitrogens with one attached hydrogen (secondary N) is 1. The predicted octanol–water partition coefficient (Wildman–Crippen LogP) is 2.99. The van der Waals surface area contributed by atoms with Crippen molar-refractivity contribution in [3.8, 4) is 11.3 Å². The molecule has 0 saturated carbocycles. The summed E-state index contributed by atoms with van der Waals surface area (Å²) in [4.78, 5) is 6.09. The third-order valence-corrected chi connectivity index (χ3v) is 4.46. The van der Waals surface area contributed by atoms with Gasteiger partial charge in [0.2, 0.25) is 0 Å². The zero-order valence-electron chi connectivity index (χ0n) is 12.8. The summed E-state index contributed by atoms with van der Waals surface area (Å²) in [6, 6.07) is 1.67. The van der Waals surface area contributed by atoms with Gasteiger partial charge in [-0.2, -0.15) is 10.2 Å². The van der Waals surface area contributed by atoms with Crippen LogP contribution in [-0.4, -0.2) is 32.4 Å². The molecule has 2 aromatic heterocycles. The SMILES string of the molecule is Fc1ccc(F)c(C2=Nc3cn[nH]c3-c3cnn4c3N2CCC4)c1F. The number of aromatic nitrogens is 4. The number of amidine groups is 1. The van der Waals surface area contributed by atoms with Gasteiger partial charge in [0, 0.05) is 13.1 Å². The highest BCUT2D eigenvalue weighted by Gasteiger charge is 2.34. The van der Waals surface area contributed by atoms with Crippen molar-refractivity contribution in [2.75, 3.05) is 11.4 Å². The van der Waals surface area contributed by atoms with Crippen molar-refractivity contribution in [2.24, 2.45) is 4.99 Å². The molecule has 1 aromatic carbocycles. The quantitative estimate of drug-likeness (QED) is 0.691. The zero-order valence-corrected chi connectivity index (χ0v) is 12.8. The molecular weight excluding hydrogens is 333 g/mol. The number of hydrogen-bond acceptors (Lipinski definition) is 4. The Morgan fingerprint density at radius 3 is 2.76 bits per heavy atom. The standard InChI is InChI=1S/C16H11F3N6/c17-9-2-3-10(18)13(19)12(9)15-22-11-7-20-23-14(11)8-6-21-25-5-1-4-24(15)16(8)25/h2-3,6-7H,1,4-5H2,(H,20,23). The van der Waals surface area contributed by atoms with Crippen molar-refractivity contribution in [1.82, 2.24) is 20.0 Å². The minimum absolute atomic E-state index is 0.0114. The van der Waals surface area contributed by atoms with Gasteiger partial charge >= 0.3 is 0 Å². The summed E-state index contributed by atoms with van der Waals surface area (Å²) >= 11 is 0. The van der Waals surface area contributed by atoms with Crippen LogP contribution >= 0.6 is 0 Å². The van der Waals surface area contributed by atoms with E-state index in [0.717, 1.165) is 24.1 Å². The Hall–Kier alpha value is -3.10. The van der Waals surface area contributed by atoms with Crippen molar-refractivity contribution in [1.29, 1.82) is 0 Å². The fourth-order valence-corrected chi connectivity index (χ4v) is 3.35. The molecule has 0 amide bonds. The van der Waals surface area contributed by atoms with Crippen molar-refractivity contribution in [2.45, 2.75) is 13.0 Å². The van der Waals surface area contributed by atoms with Crippen LogP contribution in [0, 0.1) is 17.5 Å². The first-order valence-electron chi connectivity index (χ1n) is 7.75. The van der Waals surface area contributed by atoms with Gasteiger partial charge in [0.1, 0.15) is 23.2 Å². The van der Waals surface area contributed by atoms with E-state index < -0.39 is 23.0 Å². The Bertz CT molecular complexity index is 1030. The summed E-state index contributed by atoms with van der Waals surface area (Å²) < 4.78 is 44.4. The fourth-order valence-electron chi connectivity index (χ4n) is 3.35. The van der Waals surface area contributed by atoms with Gasteiger partial charge in [-0.15, -0.1) is 0 Å². The van der Waals surface area contributed by atoms with Crippen LogP contribution in [0.3, 0.4) is 0 Å². The predicted molar refractivity (Wildman–Crippen MR) is 84.3 cm³/mol. The Balaban J connectivity index is 1.85. The number of rotatable bonds is 1. The van der Waals surface area contributed by atoms with Crippen molar-refractivity contribution in [3.63, 3.8) is 0 Å². The van der Waals surface area contributed by atoms with Gasteiger partial charge in [-0.3, -0.25) is 5.10 Å². The van der Waals surface area contributed by atoms with E-state index in [2.05, 4.69) is 20.3 Å². The summed E-state index contributed by atoms with van der Waals surface area (Å²) in [5, 5.41) is 11.2. The molecule has 9 heteroatoms. The number of halogens is 3. The van der Waals surface area contributed by atoms with Crippen LogP contribution in [0.4, 0.5) is 24.7 Å². The lowest BCUT2D eigenvalue weighted by atomic mass is 10.1. The molecule has 0 fully saturated rings. The van der Waals surface area contributed by atoms with Crippen LogP contribution in [0.25, 0.3) is 11.3 Å². The Kier molecular flexibility index (Phi) is 2.82. The first-order valence-corrected chi connectivity index (χ1v) is 7.75. The third-order valence-electron chi connectivity index (χ3n) is 4.46. The molecule has 0 radical (unpaired) electrons. The van der Waals surface area contributed by atoms with Crippen LogP contribution in [0.1, 0.15) is 12.0 Å². The summed E-state index contributed by atoms with van der Waals surface area (Å²) in [6.45, 7) is 1.17. The number of aromatic amines is 1. The lowest BCUT2D eigenvalue weighted by molar-refractivity contribution is 0.491. The van der Waals surface area contributed by atoms with Gasteiger partial charge < -0.3 is 4.90 Å². The molecule has 1 N–H and O–H groups in total. The number of aliphatic imine (C=N–C) groups is 1. The number of anilines is 1. The average molecular weight is 344 g/mol. The Morgan fingerprint density at radius 1 is 1.04 bits per heavy atom. The molecule has 2 aliphatic rings. The molecule has 0 aliphatic carbocycles.